The molecule has 16 heavy (non-hydrogen) atoms. The first kappa shape index (κ1) is 16.1. The maximum atomic E-state index is 5.71. The Morgan fingerprint density at radius 2 is 1.62 bits per heavy atom. The van der Waals surface area contributed by atoms with Crippen LogP contribution in [0.5, 0.6) is 0 Å². The van der Waals surface area contributed by atoms with E-state index in [2.05, 4.69) is 25.3 Å². The molecule has 3 nitrogen and oxygen atoms in total. The number of hydrogen-bond donors (Lipinski definition) is 1. The van der Waals surface area contributed by atoms with Crippen molar-refractivity contribution in [3.05, 3.63) is 0 Å². The van der Waals surface area contributed by atoms with Crippen molar-refractivity contribution < 1.29 is 8.85 Å². The highest BCUT2D eigenvalue weighted by molar-refractivity contribution is 6.64. The highest BCUT2D eigenvalue weighted by atomic mass is 28.4. The maximum absolute atomic E-state index is 5.71. The summed E-state index contributed by atoms with van der Waals surface area (Å²) in [6.45, 7) is 9.50. The number of rotatable bonds is 11. The quantitative estimate of drug-likeness (QED) is 0.450. The third-order valence-corrected chi connectivity index (χ3v) is 4.53. The van der Waals surface area contributed by atoms with Crippen molar-refractivity contribution in [2.24, 2.45) is 0 Å². The van der Waals surface area contributed by atoms with Crippen LogP contribution < -0.4 is 5.32 Å². The molecule has 0 radical (unpaired) electrons. The minimum Gasteiger partial charge on any atom is -0.398 e. The Kier molecular flexibility index (Phi) is 10.3. The molecule has 0 saturated heterocycles. The molecule has 0 atom stereocenters. The van der Waals surface area contributed by atoms with Crippen molar-refractivity contribution in [2.45, 2.75) is 52.1 Å². The van der Waals surface area contributed by atoms with Gasteiger partial charge in [-0.15, -0.1) is 0 Å². The molecule has 0 unspecified atom stereocenters. The third-order valence-electron chi connectivity index (χ3n) is 2.65. The second-order valence-corrected chi connectivity index (χ2v) is 8.11. The van der Waals surface area contributed by atoms with E-state index in [0.29, 0.717) is 0 Å². The summed E-state index contributed by atoms with van der Waals surface area (Å²) >= 11 is 0. The normalized spacial score (nSPS) is 12.0. The van der Waals surface area contributed by atoms with Crippen molar-refractivity contribution in [2.75, 3.05) is 26.8 Å². The second kappa shape index (κ2) is 10.3. The predicted molar refractivity (Wildman–Crippen MR) is 72.1 cm³/mol. The zero-order valence-corrected chi connectivity index (χ0v) is 12.5. The molecule has 0 aromatic rings. The van der Waals surface area contributed by atoms with Crippen LogP contribution in [-0.2, 0) is 8.85 Å². The van der Waals surface area contributed by atoms with Gasteiger partial charge in [-0.25, -0.2) is 0 Å². The zero-order chi connectivity index (χ0) is 12.3. The van der Waals surface area contributed by atoms with Gasteiger partial charge in [0.1, 0.15) is 0 Å². The molecule has 0 saturated carbocycles. The van der Waals surface area contributed by atoms with Gasteiger partial charge in [-0.05, 0) is 45.4 Å². The Morgan fingerprint density at radius 1 is 1.00 bits per heavy atom. The standard InChI is InChI=1S/C12H29NO2Si/c1-5-6-7-10-13-11-8-9-12-15-16(3,4)14-2/h13H,5-12H2,1-4H3. The monoisotopic (exact) mass is 247 g/mol. The molecule has 0 heterocycles. The lowest BCUT2D eigenvalue weighted by molar-refractivity contribution is 0.207. The van der Waals surface area contributed by atoms with Gasteiger partial charge in [-0.3, -0.25) is 0 Å². The third kappa shape index (κ3) is 10.6. The molecule has 0 aliphatic rings. The fourth-order valence-electron chi connectivity index (χ4n) is 1.35. The van der Waals surface area contributed by atoms with Crippen molar-refractivity contribution >= 4 is 8.56 Å². The smallest absolute Gasteiger partial charge is 0.331 e. The molecular weight excluding hydrogens is 218 g/mol. The lowest BCUT2D eigenvalue weighted by Crippen LogP contribution is -2.33. The van der Waals surface area contributed by atoms with Crippen LogP contribution in [0.3, 0.4) is 0 Å². The van der Waals surface area contributed by atoms with Crippen molar-refractivity contribution in [3.8, 4) is 0 Å². The molecule has 0 amide bonds. The van der Waals surface area contributed by atoms with E-state index in [1.165, 1.54) is 25.7 Å². The average Bonchev–Trinajstić information content (AvgIpc) is 2.27. The van der Waals surface area contributed by atoms with E-state index in [1.54, 1.807) is 7.11 Å². The van der Waals surface area contributed by atoms with Gasteiger partial charge in [-0.1, -0.05) is 19.8 Å². The minimum absolute atomic E-state index is 0.837. The van der Waals surface area contributed by atoms with Gasteiger partial charge in [-0.2, -0.15) is 0 Å². The van der Waals surface area contributed by atoms with E-state index in [1.807, 2.05) is 0 Å². The van der Waals surface area contributed by atoms with E-state index in [4.69, 9.17) is 8.85 Å². The Labute approximate surface area is 102 Å². The van der Waals surface area contributed by atoms with Crippen LogP contribution in [0.4, 0.5) is 0 Å². The Morgan fingerprint density at radius 3 is 2.19 bits per heavy atom. The molecule has 0 aromatic carbocycles. The zero-order valence-electron chi connectivity index (χ0n) is 11.5. The second-order valence-electron chi connectivity index (χ2n) is 4.62. The van der Waals surface area contributed by atoms with Gasteiger partial charge in [0, 0.05) is 13.7 Å². The fraction of sp³-hybridized carbons (Fsp3) is 1.00. The van der Waals surface area contributed by atoms with Gasteiger partial charge in [0.25, 0.3) is 0 Å². The highest BCUT2D eigenvalue weighted by Gasteiger charge is 2.21. The molecule has 0 aliphatic carbocycles. The predicted octanol–water partition coefficient (Wildman–Crippen LogP) is 2.91. The summed E-state index contributed by atoms with van der Waals surface area (Å²) < 4.78 is 11.0. The van der Waals surface area contributed by atoms with Crippen LogP contribution in [0.1, 0.15) is 39.0 Å². The van der Waals surface area contributed by atoms with Gasteiger partial charge in [0.15, 0.2) is 0 Å². The van der Waals surface area contributed by atoms with E-state index >= 15 is 0 Å². The summed E-state index contributed by atoms with van der Waals surface area (Å²) in [5, 5.41) is 3.46. The lowest BCUT2D eigenvalue weighted by atomic mass is 10.2. The molecule has 0 aliphatic heterocycles. The van der Waals surface area contributed by atoms with Gasteiger partial charge >= 0.3 is 8.56 Å². The van der Waals surface area contributed by atoms with Gasteiger partial charge in [0.2, 0.25) is 0 Å². The SMILES string of the molecule is CCCCCNCCCCO[Si](C)(C)OC. The van der Waals surface area contributed by atoms with Crippen LogP contribution in [-0.4, -0.2) is 35.4 Å². The number of hydrogen-bond acceptors (Lipinski definition) is 3. The van der Waals surface area contributed by atoms with Crippen LogP contribution in [0, 0.1) is 0 Å². The van der Waals surface area contributed by atoms with E-state index < -0.39 is 8.56 Å². The van der Waals surface area contributed by atoms with Crippen molar-refractivity contribution in [3.63, 3.8) is 0 Å². The maximum Gasteiger partial charge on any atom is 0.331 e. The molecule has 0 aromatic heterocycles. The van der Waals surface area contributed by atoms with Crippen LogP contribution in [0.2, 0.25) is 13.1 Å². The molecular formula is C12H29NO2Si. The highest BCUT2D eigenvalue weighted by Crippen LogP contribution is 2.05. The Balaban J connectivity index is 3.10. The molecule has 0 bridgehead atoms. The Bertz CT molecular complexity index is 154. The Hall–Kier alpha value is 0.0969. The number of unbranched alkanes of at least 4 members (excludes halogenated alkanes) is 3. The van der Waals surface area contributed by atoms with Gasteiger partial charge < -0.3 is 14.2 Å². The first-order valence-corrected chi connectivity index (χ1v) is 9.34. The lowest BCUT2D eigenvalue weighted by Gasteiger charge is -2.19. The molecule has 4 heteroatoms. The topological polar surface area (TPSA) is 30.5 Å². The van der Waals surface area contributed by atoms with Crippen LogP contribution in [0.25, 0.3) is 0 Å². The largest absolute Gasteiger partial charge is 0.398 e. The van der Waals surface area contributed by atoms with E-state index in [9.17, 15) is 0 Å². The molecule has 0 rings (SSSR count). The summed E-state index contributed by atoms with van der Waals surface area (Å²) in [7, 11) is -0.0462. The van der Waals surface area contributed by atoms with E-state index in [-0.39, 0.29) is 0 Å². The van der Waals surface area contributed by atoms with Crippen LogP contribution >= 0.6 is 0 Å². The minimum atomic E-state index is -1.78. The average molecular weight is 247 g/mol. The summed E-state index contributed by atoms with van der Waals surface area (Å²) in [4.78, 5) is 0. The van der Waals surface area contributed by atoms with Crippen LogP contribution in [0.15, 0.2) is 0 Å². The molecule has 0 fully saturated rings. The molecule has 98 valence electrons. The first-order valence-electron chi connectivity index (χ1n) is 6.52. The number of nitrogens with one attached hydrogen (secondary N) is 1. The van der Waals surface area contributed by atoms with E-state index in [0.717, 1.165) is 26.1 Å². The summed E-state index contributed by atoms with van der Waals surface area (Å²) in [6, 6.07) is 0. The fourth-order valence-corrected chi connectivity index (χ4v) is 2.11. The molecule has 1 N–H and O–H groups in total. The molecule has 0 spiro atoms. The first-order chi connectivity index (χ1) is 7.62. The summed E-state index contributed by atoms with van der Waals surface area (Å²) in [5.74, 6) is 0. The summed E-state index contributed by atoms with van der Waals surface area (Å²) in [5.41, 5.74) is 0. The van der Waals surface area contributed by atoms with Crippen molar-refractivity contribution in [1.82, 2.24) is 5.32 Å². The van der Waals surface area contributed by atoms with Gasteiger partial charge in [0.05, 0.1) is 0 Å². The van der Waals surface area contributed by atoms with Crippen molar-refractivity contribution in [1.29, 1.82) is 0 Å². The summed E-state index contributed by atoms with van der Waals surface area (Å²) in [6.07, 6.45) is 6.26.